The summed E-state index contributed by atoms with van der Waals surface area (Å²) in [5, 5.41) is 9.76. The minimum Gasteiger partial charge on any atom is -0.468 e. The van der Waals surface area contributed by atoms with Crippen LogP contribution >= 0.6 is 11.6 Å². The Kier molecular flexibility index (Phi) is 2.68. The third kappa shape index (κ3) is 1.51. The van der Waals surface area contributed by atoms with Gasteiger partial charge in [0, 0.05) is 24.4 Å². The molecule has 2 rings (SSSR count). The molecule has 2 aliphatic heterocycles. The van der Waals surface area contributed by atoms with Gasteiger partial charge in [0.25, 0.3) is 0 Å². The van der Waals surface area contributed by atoms with Crippen LogP contribution in [0.2, 0.25) is 0 Å². The van der Waals surface area contributed by atoms with Crippen molar-refractivity contribution in [1.82, 2.24) is 4.90 Å². The fraction of sp³-hybridized carbons (Fsp3) is 0.889. The van der Waals surface area contributed by atoms with Gasteiger partial charge in [-0.2, -0.15) is 0 Å². The van der Waals surface area contributed by atoms with E-state index in [1.807, 2.05) is 4.90 Å². The summed E-state index contributed by atoms with van der Waals surface area (Å²) in [6.45, 7) is 1.20. The van der Waals surface area contributed by atoms with Crippen LogP contribution in [-0.2, 0) is 9.53 Å². The van der Waals surface area contributed by atoms with Crippen LogP contribution < -0.4 is 0 Å². The van der Waals surface area contributed by atoms with Crippen LogP contribution in [0.4, 0.5) is 0 Å². The van der Waals surface area contributed by atoms with Crippen molar-refractivity contribution in [2.24, 2.45) is 5.92 Å². The predicted octanol–water partition coefficient (Wildman–Crippen LogP) is -0.168. The van der Waals surface area contributed by atoms with Gasteiger partial charge in [-0.3, -0.25) is 9.69 Å². The van der Waals surface area contributed by atoms with Crippen molar-refractivity contribution in [2.75, 3.05) is 20.2 Å². The molecule has 0 aromatic carbocycles. The average Bonchev–Trinajstić information content (AvgIpc) is 2.34. The SMILES string of the molecule is COC(=O)C1C2CC(Cl)CN1CC2O. The summed E-state index contributed by atoms with van der Waals surface area (Å²) in [5.41, 5.74) is 0. The van der Waals surface area contributed by atoms with Crippen molar-refractivity contribution in [3.63, 3.8) is 0 Å². The second-order valence-corrected chi connectivity index (χ2v) is 4.60. The molecule has 5 atom stereocenters. The number of halogens is 1. The highest BCUT2D eigenvalue weighted by Gasteiger charge is 2.49. The summed E-state index contributed by atoms with van der Waals surface area (Å²) in [5.74, 6) is -0.311. The summed E-state index contributed by atoms with van der Waals surface area (Å²) in [6, 6.07) is -0.287. The predicted molar refractivity (Wildman–Crippen MR) is 51.1 cm³/mol. The molecule has 0 aromatic heterocycles. The summed E-state index contributed by atoms with van der Waals surface area (Å²) < 4.78 is 4.72. The van der Waals surface area contributed by atoms with Gasteiger partial charge in [-0.05, 0) is 6.42 Å². The maximum absolute atomic E-state index is 11.5. The lowest BCUT2D eigenvalue weighted by Gasteiger charge is -2.33. The van der Waals surface area contributed by atoms with Gasteiger partial charge in [-0.15, -0.1) is 11.6 Å². The first kappa shape index (κ1) is 10.2. The molecule has 2 aliphatic rings. The van der Waals surface area contributed by atoms with Crippen LogP contribution in [-0.4, -0.2) is 53.7 Å². The van der Waals surface area contributed by atoms with E-state index in [2.05, 4.69) is 0 Å². The van der Waals surface area contributed by atoms with E-state index >= 15 is 0 Å². The van der Waals surface area contributed by atoms with Crippen molar-refractivity contribution in [3.05, 3.63) is 0 Å². The molecule has 0 spiro atoms. The number of esters is 1. The van der Waals surface area contributed by atoms with E-state index in [4.69, 9.17) is 16.3 Å². The van der Waals surface area contributed by atoms with Gasteiger partial charge >= 0.3 is 5.97 Å². The van der Waals surface area contributed by atoms with E-state index in [1.165, 1.54) is 7.11 Å². The molecule has 0 radical (unpaired) electrons. The number of hydrogen-bond acceptors (Lipinski definition) is 4. The number of aliphatic hydroxyl groups is 1. The smallest absolute Gasteiger partial charge is 0.323 e. The highest BCUT2D eigenvalue weighted by atomic mass is 35.5. The number of carbonyl (C=O) groups is 1. The highest BCUT2D eigenvalue weighted by molar-refractivity contribution is 6.20. The number of methoxy groups -OCH3 is 1. The van der Waals surface area contributed by atoms with E-state index in [9.17, 15) is 9.90 Å². The molecular formula is C9H14ClNO3. The lowest BCUT2D eigenvalue weighted by Crippen LogP contribution is -2.48. The molecule has 0 saturated carbocycles. The number of piperidine rings is 1. The Morgan fingerprint density at radius 2 is 2.29 bits per heavy atom. The second-order valence-electron chi connectivity index (χ2n) is 3.99. The minimum absolute atomic E-state index is 0.0399. The van der Waals surface area contributed by atoms with Crippen molar-refractivity contribution in [1.29, 1.82) is 0 Å². The standard InChI is InChI=1S/C9H14ClNO3/c1-14-9(13)8-6-2-5(10)3-11(8)4-7(6)12/h5-8,12H,2-4H2,1H3. The van der Waals surface area contributed by atoms with E-state index < -0.39 is 6.10 Å². The van der Waals surface area contributed by atoms with Crippen LogP contribution in [0.3, 0.4) is 0 Å². The van der Waals surface area contributed by atoms with Gasteiger partial charge in [-0.25, -0.2) is 0 Å². The fourth-order valence-corrected chi connectivity index (χ4v) is 2.90. The molecule has 1 N–H and O–H groups in total. The van der Waals surface area contributed by atoms with Gasteiger partial charge in [0.1, 0.15) is 6.04 Å². The number of rotatable bonds is 1. The van der Waals surface area contributed by atoms with E-state index in [1.54, 1.807) is 0 Å². The second kappa shape index (κ2) is 3.68. The van der Waals surface area contributed by atoms with Crippen LogP contribution in [0.1, 0.15) is 6.42 Å². The Balaban J connectivity index is 2.16. The molecule has 80 valence electrons. The van der Waals surface area contributed by atoms with E-state index in [0.29, 0.717) is 19.5 Å². The van der Waals surface area contributed by atoms with Gasteiger partial charge < -0.3 is 9.84 Å². The Morgan fingerprint density at radius 1 is 1.57 bits per heavy atom. The Hall–Kier alpha value is -0.320. The molecule has 2 bridgehead atoms. The number of alkyl halides is 1. The minimum atomic E-state index is -0.442. The van der Waals surface area contributed by atoms with Crippen LogP contribution in [0.25, 0.3) is 0 Å². The number of aliphatic hydroxyl groups excluding tert-OH is 1. The molecule has 2 heterocycles. The number of nitrogens with zero attached hydrogens (tertiary/aromatic N) is 1. The zero-order valence-electron chi connectivity index (χ0n) is 8.02. The summed E-state index contributed by atoms with van der Waals surface area (Å²) in [4.78, 5) is 13.4. The van der Waals surface area contributed by atoms with Gasteiger partial charge in [-0.1, -0.05) is 0 Å². The first-order valence-corrected chi connectivity index (χ1v) is 5.21. The van der Waals surface area contributed by atoms with Gasteiger partial charge in [0.15, 0.2) is 0 Å². The maximum atomic E-state index is 11.5. The molecule has 0 aromatic rings. The third-order valence-electron chi connectivity index (χ3n) is 3.12. The van der Waals surface area contributed by atoms with Crippen molar-refractivity contribution in [3.8, 4) is 0 Å². The molecule has 0 amide bonds. The molecule has 0 aliphatic carbocycles. The molecular weight excluding hydrogens is 206 g/mol. The maximum Gasteiger partial charge on any atom is 0.323 e. The first-order valence-electron chi connectivity index (χ1n) is 4.77. The molecule has 5 unspecified atom stereocenters. The Morgan fingerprint density at radius 3 is 2.86 bits per heavy atom. The number of ether oxygens (including phenoxy) is 1. The Labute approximate surface area is 87.8 Å². The number of fused-ring (bicyclic) bond motifs is 2. The van der Waals surface area contributed by atoms with Crippen LogP contribution in [0.15, 0.2) is 0 Å². The largest absolute Gasteiger partial charge is 0.468 e. The lowest BCUT2D eigenvalue weighted by atomic mass is 9.90. The van der Waals surface area contributed by atoms with Crippen molar-refractivity contribution in [2.45, 2.75) is 23.9 Å². The summed E-state index contributed by atoms with van der Waals surface area (Å²) in [7, 11) is 1.38. The monoisotopic (exact) mass is 219 g/mol. The average molecular weight is 220 g/mol. The highest BCUT2D eigenvalue weighted by Crippen LogP contribution is 2.36. The lowest BCUT2D eigenvalue weighted by molar-refractivity contribution is -0.148. The third-order valence-corrected chi connectivity index (χ3v) is 3.43. The summed E-state index contributed by atoms with van der Waals surface area (Å²) in [6.07, 6.45) is 0.252. The number of carbonyl (C=O) groups excluding carboxylic acids is 1. The van der Waals surface area contributed by atoms with Crippen LogP contribution in [0.5, 0.6) is 0 Å². The molecule has 14 heavy (non-hydrogen) atoms. The van der Waals surface area contributed by atoms with Gasteiger partial charge in [0.05, 0.1) is 13.2 Å². The van der Waals surface area contributed by atoms with Crippen molar-refractivity contribution >= 4 is 17.6 Å². The molecule has 5 heteroatoms. The van der Waals surface area contributed by atoms with Crippen molar-refractivity contribution < 1.29 is 14.6 Å². The van der Waals surface area contributed by atoms with E-state index in [0.717, 1.165) is 0 Å². The normalized spacial score (nSPS) is 46.4. The van der Waals surface area contributed by atoms with E-state index in [-0.39, 0.29) is 23.3 Å². The molecule has 2 fully saturated rings. The first-order chi connectivity index (χ1) is 6.63. The fourth-order valence-electron chi connectivity index (χ4n) is 2.51. The van der Waals surface area contributed by atoms with Crippen LogP contribution in [0, 0.1) is 5.92 Å². The summed E-state index contributed by atoms with van der Waals surface area (Å²) >= 11 is 6.02. The topological polar surface area (TPSA) is 49.8 Å². The Bertz CT molecular complexity index is 246. The van der Waals surface area contributed by atoms with Gasteiger partial charge in [0.2, 0.25) is 0 Å². The molecule has 2 saturated heterocycles. The zero-order valence-corrected chi connectivity index (χ0v) is 8.78. The zero-order chi connectivity index (χ0) is 10.3. The quantitative estimate of drug-likeness (QED) is 0.492. The number of hydrogen-bond donors (Lipinski definition) is 1. The molecule has 4 nitrogen and oxygen atoms in total.